The summed E-state index contributed by atoms with van der Waals surface area (Å²) in [5.41, 5.74) is 3.12. The van der Waals surface area contributed by atoms with Crippen LogP contribution in [0.25, 0.3) is 6.08 Å². The van der Waals surface area contributed by atoms with E-state index in [-0.39, 0.29) is 31.1 Å². The van der Waals surface area contributed by atoms with Crippen molar-refractivity contribution in [3.05, 3.63) is 114 Å². The molecule has 3 heterocycles. The second-order valence-corrected chi connectivity index (χ2v) is 10.9. The van der Waals surface area contributed by atoms with Crippen LogP contribution in [0.5, 0.6) is 23.0 Å². The number of hydrogen-bond donors (Lipinski definition) is 0. The van der Waals surface area contributed by atoms with Crippen molar-refractivity contribution in [3.63, 3.8) is 0 Å². The third-order valence-corrected chi connectivity index (χ3v) is 8.22. The largest absolute Gasteiger partial charge is 0.493 e. The molecule has 44 heavy (non-hydrogen) atoms. The molecule has 6 rings (SSSR count). The first-order chi connectivity index (χ1) is 21.4. The fraction of sp³-hybridized carbons (Fsp3) is 0.212. The molecule has 0 aliphatic carbocycles. The van der Waals surface area contributed by atoms with E-state index in [0.717, 1.165) is 5.56 Å². The SMILES string of the molecule is CCOC(=O)C1=C(C)N=c2s/c(=C\c3ccc(OCc4ccccc4C#N)c(OC)c3)c(=O)n2C1c1ccc2c(c1)OCO2. The van der Waals surface area contributed by atoms with Crippen molar-refractivity contribution >= 4 is 23.4 Å². The van der Waals surface area contributed by atoms with E-state index >= 15 is 0 Å². The molecule has 1 unspecified atom stereocenters. The van der Waals surface area contributed by atoms with Gasteiger partial charge in [0.25, 0.3) is 5.56 Å². The van der Waals surface area contributed by atoms with Gasteiger partial charge in [-0.05, 0) is 61.4 Å². The maximum atomic E-state index is 14.0. The van der Waals surface area contributed by atoms with E-state index in [1.165, 1.54) is 23.0 Å². The summed E-state index contributed by atoms with van der Waals surface area (Å²) in [6.45, 7) is 3.94. The molecule has 0 saturated heterocycles. The van der Waals surface area contributed by atoms with Gasteiger partial charge in [0.2, 0.25) is 6.79 Å². The van der Waals surface area contributed by atoms with E-state index < -0.39 is 12.0 Å². The maximum absolute atomic E-state index is 14.0. The first-order valence-corrected chi connectivity index (χ1v) is 14.6. The zero-order chi connectivity index (χ0) is 30.8. The summed E-state index contributed by atoms with van der Waals surface area (Å²) in [6.07, 6.45) is 1.75. The van der Waals surface area contributed by atoms with Gasteiger partial charge in [-0.1, -0.05) is 41.7 Å². The topological polar surface area (TPSA) is 121 Å². The van der Waals surface area contributed by atoms with Gasteiger partial charge in [0.1, 0.15) is 6.61 Å². The highest BCUT2D eigenvalue weighted by molar-refractivity contribution is 7.07. The van der Waals surface area contributed by atoms with Crippen molar-refractivity contribution < 1.29 is 28.5 Å². The Kier molecular flexibility index (Phi) is 7.91. The molecule has 0 bridgehead atoms. The highest BCUT2D eigenvalue weighted by Crippen LogP contribution is 2.38. The number of allylic oxidation sites excluding steroid dienone is 1. The predicted octanol–water partition coefficient (Wildman–Crippen LogP) is 3.99. The fourth-order valence-electron chi connectivity index (χ4n) is 5.15. The molecular weight excluding hydrogens is 582 g/mol. The van der Waals surface area contributed by atoms with Crippen molar-refractivity contribution in [3.8, 4) is 29.1 Å². The van der Waals surface area contributed by atoms with Gasteiger partial charge in [-0.3, -0.25) is 9.36 Å². The Hall–Kier alpha value is -5.34. The Bertz CT molecular complexity index is 2040. The molecule has 0 N–H and O–H groups in total. The zero-order valence-corrected chi connectivity index (χ0v) is 25.0. The van der Waals surface area contributed by atoms with Gasteiger partial charge < -0.3 is 23.7 Å². The number of hydrogen-bond acceptors (Lipinski definition) is 10. The smallest absolute Gasteiger partial charge is 0.338 e. The van der Waals surface area contributed by atoms with Crippen LogP contribution in [-0.4, -0.2) is 31.0 Å². The van der Waals surface area contributed by atoms with Crippen molar-refractivity contribution in [2.75, 3.05) is 20.5 Å². The van der Waals surface area contributed by atoms with Crippen molar-refractivity contribution in [2.45, 2.75) is 26.5 Å². The molecule has 0 amide bonds. The van der Waals surface area contributed by atoms with Crippen LogP contribution in [0.15, 0.2) is 81.7 Å². The Morgan fingerprint density at radius 1 is 1.14 bits per heavy atom. The Morgan fingerprint density at radius 3 is 2.75 bits per heavy atom. The van der Waals surface area contributed by atoms with E-state index in [2.05, 4.69) is 11.1 Å². The van der Waals surface area contributed by atoms with Crippen LogP contribution in [0.4, 0.5) is 0 Å². The third kappa shape index (κ3) is 5.31. The van der Waals surface area contributed by atoms with Gasteiger partial charge in [0.05, 0.1) is 47.2 Å². The number of benzene rings is 3. The molecular formula is C33H27N3O7S. The molecule has 1 atom stereocenters. The lowest BCUT2D eigenvalue weighted by atomic mass is 9.95. The van der Waals surface area contributed by atoms with Gasteiger partial charge in [-0.25, -0.2) is 9.79 Å². The van der Waals surface area contributed by atoms with Crippen molar-refractivity contribution in [2.24, 2.45) is 4.99 Å². The molecule has 0 spiro atoms. The van der Waals surface area contributed by atoms with Crippen molar-refractivity contribution in [1.29, 1.82) is 5.26 Å². The number of nitrogens with zero attached hydrogens (tertiary/aromatic N) is 3. The van der Waals surface area contributed by atoms with Gasteiger partial charge >= 0.3 is 5.97 Å². The van der Waals surface area contributed by atoms with E-state index in [4.69, 9.17) is 23.7 Å². The number of carbonyl (C=O) groups is 1. The van der Waals surface area contributed by atoms with E-state index in [0.29, 0.717) is 54.7 Å². The zero-order valence-electron chi connectivity index (χ0n) is 24.2. The second-order valence-electron chi connectivity index (χ2n) is 9.88. The minimum absolute atomic E-state index is 0.0988. The molecule has 0 saturated carbocycles. The molecule has 2 aliphatic rings. The Labute approximate surface area is 256 Å². The summed E-state index contributed by atoms with van der Waals surface area (Å²) in [6, 6.07) is 19.3. The predicted molar refractivity (Wildman–Crippen MR) is 161 cm³/mol. The summed E-state index contributed by atoms with van der Waals surface area (Å²) < 4.78 is 29.9. The number of thiazole rings is 1. The van der Waals surface area contributed by atoms with Gasteiger partial charge in [0, 0.05) is 5.56 Å². The molecule has 222 valence electrons. The molecule has 1 aromatic heterocycles. The summed E-state index contributed by atoms with van der Waals surface area (Å²) in [5, 5.41) is 9.37. The van der Waals surface area contributed by atoms with E-state index in [1.807, 2.05) is 24.3 Å². The highest BCUT2D eigenvalue weighted by Gasteiger charge is 2.34. The third-order valence-electron chi connectivity index (χ3n) is 7.24. The Balaban J connectivity index is 1.39. The number of rotatable bonds is 8. The van der Waals surface area contributed by atoms with E-state index in [9.17, 15) is 14.9 Å². The number of carbonyl (C=O) groups excluding carboxylic acids is 1. The van der Waals surface area contributed by atoms with Gasteiger partial charge in [-0.15, -0.1) is 0 Å². The van der Waals surface area contributed by atoms with Crippen LogP contribution in [0.1, 0.15) is 42.1 Å². The van der Waals surface area contributed by atoms with E-state index in [1.54, 1.807) is 56.3 Å². The first kappa shape index (κ1) is 28.8. The lowest BCUT2D eigenvalue weighted by Gasteiger charge is -2.24. The normalized spacial score (nSPS) is 15.3. The summed E-state index contributed by atoms with van der Waals surface area (Å²) in [4.78, 5) is 32.2. The lowest BCUT2D eigenvalue weighted by Crippen LogP contribution is -2.39. The first-order valence-electron chi connectivity index (χ1n) is 13.8. The summed E-state index contributed by atoms with van der Waals surface area (Å²) in [5.74, 6) is 1.56. The number of methoxy groups -OCH3 is 1. The molecule has 4 aromatic rings. The number of fused-ring (bicyclic) bond motifs is 2. The van der Waals surface area contributed by atoms with Gasteiger partial charge in [-0.2, -0.15) is 5.26 Å². The number of ether oxygens (including phenoxy) is 5. The van der Waals surface area contributed by atoms with Crippen LogP contribution in [0.3, 0.4) is 0 Å². The molecule has 11 heteroatoms. The van der Waals surface area contributed by atoms with Crippen LogP contribution >= 0.6 is 11.3 Å². The summed E-state index contributed by atoms with van der Waals surface area (Å²) >= 11 is 1.22. The molecule has 10 nitrogen and oxygen atoms in total. The standard InChI is InChI=1S/C33H27N3O7S/c1-4-40-32(38)29-19(2)35-33-36(30(29)21-10-12-25-27(15-21)43-18-42-25)31(37)28(44-33)14-20-9-11-24(26(13-20)39-3)41-17-23-8-6-5-7-22(23)16-34/h5-15,30H,4,17-18H2,1-3H3/b28-14-. The molecule has 2 aliphatic heterocycles. The fourth-order valence-corrected chi connectivity index (χ4v) is 6.19. The average molecular weight is 610 g/mol. The monoisotopic (exact) mass is 609 g/mol. The molecule has 0 radical (unpaired) electrons. The summed E-state index contributed by atoms with van der Waals surface area (Å²) in [7, 11) is 1.54. The lowest BCUT2D eigenvalue weighted by molar-refractivity contribution is -0.139. The average Bonchev–Trinajstić information content (AvgIpc) is 3.63. The maximum Gasteiger partial charge on any atom is 0.338 e. The number of aromatic nitrogens is 1. The minimum atomic E-state index is -0.774. The van der Waals surface area contributed by atoms with Gasteiger partial charge in [0.15, 0.2) is 27.8 Å². The highest BCUT2D eigenvalue weighted by atomic mass is 32.1. The Morgan fingerprint density at radius 2 is 1.95 bits per heavy atom. The van der Waals surface area contributed by atoms with Crippen LogP contribution in [0.2, 0.25) is 0 Å². The van der Waals surface area contributed by atoms with Crippen molar-refractivity contribution in [1.82, 2.24) is 4.57 Å². The number of nitriles is 1. The van der Waals surface area contributed by atoms with Crippen LogP contribution in [0, 0.1) is 11.3 Å². The number of esters is 1. The second kappa shape index (κ2) is 12.1. The quantitative estimate of drug-likeness (QED) is 0.275. The molecule has 3 aromatic carbocycles. The van der Waals surface area contributed by atoms with Crippen LogP contribution in [-0.2, 0) is 16.1 Å². The minimum Gasteiger partial charge on any atom is -0.493 e. The molecule has 0 fully saturated rings. The van der Waals surface area contributed by atoms with Crippen LogP contribution < -0.4 is 33.8 Å².